The Morgan fingerprint density at radius 3 is 2.79 bits per heavy atom. The van der Waals surface area contributed by atoms with Gasteiger partial charge < -0.3 is 4.42 Å². The van der Waals surface area contributed by atoms with Crippen LogP contribution in [-0.4, -0.2) is 10.8 Å². The molecule has 0 saturated carbocycles. The van der Waals surface area contributed by atoms with Crippen molar-refractivity contribution < 1.29 is 9.21 Å². The van der Waals surface area contributed by atoms with Gasteiger partial charge in [0.25, 0.3) is 0 Å². The SMILES string of the molecule is Cc1ccc2cc(C(=O)c3ccoc3Br)ccc2n1. The molecule has 3 rings (SSSR count). The van der Waals surface area contributed by atoms with Gasteiger partial charge >= 0.3 is 0 Å². The van der Waals surface area contributed by atoms with Crippen LogP contribution < -0.4 is 0 Å². The van der Waals surface area contributed by atoms with Gasteiger partial charge in [0.05, 0.1) is 17.3 Å². The van der Waals surface area contributed by atoms with E-state index in [1.54, 1.807) is 12.1 Å². The van der Waals surface area contributed by atoms with E-state index < -0.39 is 0 Å². The lowest BCUT2D eigenvalue weighted by molar-refractivity contribution is 0.103. The second-order valence-corrected chi connectivity index (χ2v) is 5.02. The fourth-order valence-electron chi connectivity index (χ4n) is 1.98. The topological polar surface area (TPSA) is 43.1 Å². The number of fused-ring (bicyclic) bond motifs is 1. The van der Waals surface area contributed by atoms with Crippen molar-refractivity contribution in [1.82, 2.24) is 4.98 Å². The highest BCUT2D eigenvalue weighted by molar-refractivity contribution is 9.10. The zero-order valence-corrected chi connectivity index (χ0v) is 11.8. The van der Waals surface area contributed by atoms with Crippen molar-refractivity contribution in [2.45, 2.75) is 6.92 Å². The van der Waals surface area contributed by atoms with Crippen LogP contribution in [-0.2, 0) is 0 Å². The molecule has 0 N–H and O–H groups in total. The maximum Gasteiger partial charge on any atom is 0.197 e. The van der Waals surface area contributed by atoms with E-state index in [0.29, 0.717) is 15.8 Å². The minimum Gasteiger partial charge on any atom is -0.457 e. The van der Waals surface area contributed by atoms with Crippen molar-refractivity contribution in [3.8, 4) is 0 Å². The molecular weight excluding hydrogens is 306 g/mol. The van der Waals surface area contributed by atoms with E-state index in [0.717, 1.165) is 16.6 Å². The van der Waals surface area contributed by atoms with Crippen molar-refractivity contribution in [2.75, 3.05) is 0 Å². The number of ketones is 1. The summed E-state index contributed by atoms with van der Waals surface area (Å²) in [7, 11) is 0. The first-order valence-corrected chi connectivity index (χ1v) is 6.59. The van der Waals surface area contributed by atoms with Crippen LogP contribution in [0.3, 0.4) is 0 Å². The van der Waals surface area contributed by atoms with Crippen molar-refractivity contribution >= 4 is 32.6 Å². The van der Waals surface area contributed by atoms with E-state index in [1.807, 2.05) is 31.2 Å². The van der Waals surface area contributed by atoms with Crippen molar-refractivity contribution in [3.63, 3.8) is 0 Å². The van der Waals surface area contributed by atoms with Crippen LogP contribution in [0.15, 0.2) is 51.7 Å². The van der Waals surface area contributed by atoms with Crippen molar-refractivity contribution in [3.05, 3.63) is 64.2 Å². The molecule has 3 nitrogen and oxygen atoms in total. The summed E-state index contributed by atoms with van der Waals surface area (Å²) in [6, 6.07) is 11.1. The van der Waals surface area contributed by atoms with E-state index in [2.05, 4.69) is 20.9 Å². The molecule has 0 aliphatic heterocycles. The Labute approximate surface area is 118 Å². The Morgan fingerprint density at radius 2 is 2.05 bits per heavy atom. The summed E-state index contributed by atoms with van der Waals surface area (Å²) >= 11 is 3.22. The molecule has 0 fully saturated rings. The number of pyridine rings is 1. The Morgan fingerprint density at radius 1 is 1.21 bits per heavy atom. The fraction of sp³-hybridized carbons (Fsp3) is 0.0667. The first kappa shape index (κ1) is 12.1. The third kappa shape index (κ3) is 2.19. The minimum absolute atomic E-state index is 0.0666. The third-order valence-corrected chi connectivity index (χ3v) is 3.57. The number of aromatic nitrogens is 1. The van der Waals surface area contributed by atoms with Gasteiger partial charge in [0.1, 0.15) is 0 Å². The number of rotatable bonds is 2. The third-order valence-electron chi connectivity index (χ3n) is 2.95. The molecule has 0 unspecified atom stereocenters. The minimum atomic E-state index is -0.0666. The van der Waals surface area contributed by atoms with Gasteiger partial charge in [-0.25, -0.2) is 0 Å². The van der Waals surface area contributed by atoms with E-state index >= 15 is 0 Å². The van der Waals surface area contributed by atoms with Crippen LogP contribution >= 0.6 is 15.9 Å². The number of carbonyl (C=O) groups is 1. The van der Waals surface area contributed by atoms with Crippen LogP contribution in [0.25, 0.3) is 10.9 Å². The average Bonchev–Trinajstić information content (AvgIpc) is 2.83. The average molecular weight is 316 g/mol. The first-order valence-electron chi connectivity index (χ1n) is 5.80. The fourth-order valence-corrected chi connectivity index (χ4v) is 2.40. The first-order chi connectivity index (χ1) is 9.15. The monoisotopic (exact) mass is 315 g/mol. The second-order valence-electron chi connectivity index (χ2n) is 4.30. The number of benzene rings is 1. The molecule has 94 valence electrons. The Kier molecular flexibility index (Phi) is 2.95. The van der Waals surface area contributed by atoms with E-state index in [1.165, 1.54) is 6.26 Å². The van der Waals surface area contributed by atoms with E-state index in [-0.39, 0.29) is 5.78 Å². The lowest BCUT2D eigenvalue weighted by Crippen LogP contribution is -2.00. The number of furan rings is 1. The Bertz CT molecular complexity index is 777. The molecular formula is C15H10BrNO2. The Balaban J connectivity index is 2.09. The molecule has 2 aromatic heterocycles. The predicted molar refractivity (Wildman–Crippen MR) is 76.3 cm³/mol. The van der Waals surface area contributed by atoms with Crippen LogP contribution in [0.2, 0.25) is 0 Å². The highest BCUT2D eigenvalue weighted by Crippen LogP contribution is 2.23. The van der Waals surface area contributed by atoms with Gasteiger partial charge in [-0.3, -0.25) is 9.78 Å². The zero-order chi connectivity index (χ0) is 13.4. The van der Waals surface area contributed by atoms with Crippen LogP contribution in [0, 0.1) is 6.92 Å². The summed E-state index contributed by atoms with van der Waals surface area (Å²) in [6.07, 6.45) is 1.49. The normalized spacial score (nSPS) is 10.8. The summed E-state index contributed by atoms with van der Waals surface area (Å²) in [5.41, 5.74) is 3.01. The number of carbonyl (C=O) groups excluding carboxylic acids is 1. The maximum atomic E-state index is 12.3. The highest BCUT2D eigenvalue weighted by atomic mass is 79.9. The maximum absolute atomic E-state index is 12.3. The zero-order valence-electron chi connectivity index (χ0n) is 10.2. The second kappa shape index (κ2) is 4.63. The summed E-state index contributed by atoms with van der Waals surface area (Å²) in [5, 5.41) is 0.955. The summed E-state index contributed by atoms with van der Waals surface area (Å²) in [4.78, 5) is 16.7. The van der Waals surface area contributed by atoms with Gasteiger partial charge in [-0.1, -0.05) is 6.07 Å². The smallest absolute Gasteiger partial charge is 0.197 e. The quantitative estimate of drug-likeness (QED) is 0.668. The molecule has 0 spiro atoms. The van der Waals surface area contributed by atoms with Crippen molar-refractivity contribution in [1.29, 1.82) is 0 Å². The number of nitrogens with zero attached hydrogens (tertiary/aromatic N) is 1. The Hall–Kier alpha value is -1.94. The van der Waals surface area contributed by atoms with E-state index in [9.17, 15) is 4.79 Å². The molecule has 0 bridgehead atoms. The van der Waals surface area contributed by atoms with Gasteiger partial charge in [0.2, 0.25) is 0 Å². The summed E-state index contributed by atoms with van der Waals surface area (Å²) in [5.74, 6) is -0.0666. The number of hydrogen-bond donors (Lipinski definition) is 0. The molecule has 0 aliphatic rings. The van der Waals surface area contributed by atoms with Gasteiger partial charge in [-0.2, -0.15) is 0 Å². The van der Waals surface area contributed by atoms with E-state index in [4.69, 9.17) is 4.42 Å². The summed E-state index contributed by atoms with van der Waals surface area (Å²) < 4.78 is 5.55. The van der Waals surface area contributed by atoms with Crippen molar-refractivity contribution in [2.24, 2.45) is 0 Å². The molecule has 3 aromatic rings. The molecule has 0 atom stereocenters. The number of aryl methyl sites for hydroxylation is 1. The molecule has 0 saturated heterocycles. The van der Waals surface area contributed by atoms with Gasteiger partial charge in [-0.15, -0.1) is 0 Å². The van der Waals surface area contributed by atoms with Gasteiger partial charge in [0, 0.05) is 16.6 Å². The largest absolute Gasteiger partial charge is 0.457 e. The lowest BCUT2D eigenvalue weighted by atomic mass is 10.0. The molecule has 2 heterocycles. The van der Waals surface area contributed by atoms with Crippen LogP contribution in [0.5, 0.6) is 0 Å². The van der Waals surface area contributed by atoms with Crippen LogP contribution in [0.4, 0.5) is 0 Å². The molecule has 19 heavy (non-hydrogen) atoms. The number of hydrogen-bond acceptors (Lipinski definition) is 3. The number of halogens is 1. The molecule has 1 aromatic carbocycles. The molecule has 0 radical (unpaired) electrons. The van der Waals surface area contributed by atoms with Crippen LogP contribution in [0.1, 0.15) is 21.6 Å². The standard InChI is InChI=1S/C15H10BrNO2/c1-9-2-3-10-8-11(4-5-13(10)17-9)14(18)12-6-7-19-15(12)16/h2-8H,1H3. The molecule has 0 amide bonds. The molecule has 0 aliphatic carbocycles. The van der Waals surface area contributed by atoms with Gasteiger partial charge in [0.15, 0.2) is 10.5 Å². The molecule has 4 heteroatoms. The summed E-state index contributed by atoms with van der Waals surface area (Å²) in [6.45, 7) is 1.95. The van der Waals surface area contributed by atoms with Gasteiger partial charge in [-0.05, 0) is 53.2 Å². The lowest BCUT2D eigenvalue weighted by Gasteiger charge is -2.02. The predicted octanol–water partition coefficient (Wildman–Crippen LogP) is 4.13. The highest BCUT2D eigenvalue weighted by Gasteiger charge is 2.15.